The molecule has 0 aliphatic carbocycles. The van der Waals surface area contributed by atoms with Crippen molar-refractivity contribution >= 4 is 0 Å². The van der Waals surface area contributed by atoms with Crippen molar-refractivity contribution in [3.63, 3.8) is 0 Å². The number of hydrogen-bond donors (Lipinski definition) is 2. The Kier molecular flexibility index (Phi) is 3.49. The number of furan rings is 1. The van der Waals surface area contributed by atoms with Crippen molar-refractivity contribution in [2.24, 2.45) is 5.92 Å². The molecule has 0 amide bonds. The maximum atomic E-state index is 9.91. The number of aliphatic hydroxyl groups excluding tert-OH is 2. The van der Waals surface area contributed by atoms with Crippen molar-refractivity contribution in [2.45, 2.75) is 20.0 Å². The van der Waals surface area contributed by atoms with Crippen LogP contribution in [0.1, 0.15) is 24.4 Å². The summed E-state index contributed by atoms with van der Waals surface area (Å²) in [5, 5.41) is 19.0. The molecule has 0 fully saturated rings. The van der Waals surface area contributed by atoms with E-state index in [0.717, 1.165) is 11.1 Å². The van der Waals surface area contributed by atoms with E-state index in [1.165, 1.54) is 6.26 Å². The average Bonchev–Trinajstić information content (AvgIpc) is 2.51. The summed E-state index contributed by atoms with van der Waals surface area (Å²) in [4.78, 5) is 0. The fourth-order valence-electron chi connectivity index (χ4n) is 1.40. The summed E-state index contributed by atoms with van der Waals surface area (Å²) in [5.41, 5.74) is 1.63. The molecule has 0 bridgehead atoms. The molecule has 3 heteroatoms. The van der Waals surface area contributed by atoms with Crippen LogP contribution in [0, 0.1) is 12.8 Å². The van der Waals surface area contributed by atoms with Crippen LogP contribution in [0.3, 0.4) is 0 Å². The molecule has 2 atom stereocenters. The third kappa shape index (κ3) is 2.05. The van der Waals surface area contributed by atoms with Crippen LogP contribution in [0.25, 0.3) is 0 Å². The summed E-state index contributed by atoms with van der Waals surface area (Å²) in [6.07, 6.45) is 0.716. The molecule has 78 valence electrons. The van der Waals surface area contributed by atoms with E-state index < -0.39 is 6.10 Å². The first-order chi connectivity index (χ1) is 6.57. The lowest BCUT2D eigenvalue weighted by Crippen LogP contribution is -2.17. The predicted molar refractivity (Wildman–Crippen MR) is 53.8 cm³/mol. The molecule has 14 heavy (non-hydrogen) atoms. The van der Waals surface area contributed by atoms with Crippen molar-refractivity contribution < 1.29 is 14.6 Å². The molecule has 1 rings (SSSR count). The standard InChI is InChI=1S/C11H16O3/c1-7(2)9(6-12)10(13)11-8(3)4-5-14-11/h4-5,9-10,12-13H,1,6H2,2-3H3/t9-,10-/m0/s1. The van der Waals surface area contributed by atoms with Crippen LogP contribution < -0.4 is 0 Å². The highest BCUT2D eigenvalue weighted by atomic mass is 16.4. The molecular weight excluding hydrogens is 180 g/mol. The van der Waals surface area contributed by atoms with Crippen LogP contribution in [0.2, 0.25) is 0 Å². The van der Waals surface area contributed by atoms with E-state index in [2.05, 4.69) is 6.58 Å². The molecule has 0 spiro atoms. The van der Waals surface area contributed by atoms with Gasteiger partial charge >= 0.3 is 0 Å². The van der Waals surface area contributed by atoms with Crippen LogP contribution in [-0.4, -0.2) is 16.8 Å². The molecule has 1 heterocycles. The van der Waals surface area contributed by atoms with Gasteiger partial charge in [-0.3, -0.25) is 0 Å². The number of aryl methyl sites for hydroxylation is 1. The zero-order valence-corrected chi connectivity index (χ0v) is 8.53. The minimum absolute atomic E-state index is 0.128. The summed E-state index contributed by atoms with van der Waals surface area (Å²) in [6.45, 7) is 7.23. The Morgan fingerprint density at radius 2 is 2.29 bits per heavy atom. The third-order valence-electron chi connectivity index (χ3n) is 2.38. The van der Waals surface area contributed by atoms with Crippen LogP contribution >= 0.6 is 0 Å². The molecule has 0 aliphatic heterocycles. The molecule has 3 nitrogen and oxygen atoms in total. The van der Waals surface area contributed by atoms with Gasteiger partial charge in [0.2, 0.25) is 0 Å². The molecular formula is C11H16O3. The zero-order valence-electron chi connectivity index (χ0n) is 8.53. The van der Waals surface area contributed by atoms with Crippen LogP contribution in [0.4, 0.5) is 0 Å². The SMILES string of the molecule is C=C(C)[C@H](CO)[C@H](O)c1occc1C. The lowest BCUT2D eigenvalue weighted by Gasteiger charge is -2.19. The Labute approximate surface area is 83.7 Å². The predicted octanol–water partition coefficient (Wildman–Crippen LogP) is 1.81. The van der Waals surface area contributed by atoms with Gasteiger partial charge in [-0.2, -0.15) is 0 Å². The highest BCUT2D eigenvalue weighted by Crippen LogP contribution is 2.29. The summed E-state index contributed by atoms with van der Waals surface area (Å²) >= 11 is 0. The van der Waals surface area contributed by atoms with Gasteiger partial charge in [-0.1, -0.05) is 12.2 Å². The van der Waals surface area contributed by atoms with Gasteiger partial charge in [-0.15, -0.1) is 0 Å². The summed E-state index contributed by atoms with van der Waals surface area (Å²) in [6, 6.07) is 1.78. The summed E-state index contributed by atoms with van der Waals surface area (Å²) in [5.74, 6) is 0.145. The van der Waals surface area contributed by atoms with Gasteiger partial charge in [0.1, 0.15) is 11.9 Å². The molecule has 0 aromatic carbocycles. The summed E-state index contributed by atoms with van der Waals surface area (Å²) < 4.78 is 5.16. The van der Waals surface area contributed by atoms with E-state index in [9.17, 15) is 5.11 Å². The van der Waals surface area contributed by atoms with E-state index >= 15 is 0 Å². The van der Waals surface area contributed by atoms with Gasteiger partial charge in [0.15, 0.2) is 0 Å². The molecule has 1 aromatic heterocycles. The van der Waals surface area contributed by atoms with Crippen LogP contribution in [0.15, 0.2) is 28.9 Å². The second-order valence-corrected chi connectivity index (χ2v) is 3.55. The highest BCUT2D eigenvalue weighted by molar-refractivity contribution is 5.19. The maximum absolute atomic E-state index is 9.91. The normalized spacial score (nSPS) is 15.1. The van der Waals surface area contributed by atoms with Gasteiger partial charge < -0.3 is 14.6 Å². The van der Waals surface area contributed by atoms with Crippen molar-refractivity contribution in [3.8, 4) is 0 Å². The minimum atomic E-state index is -0.813. The molecule has 0 radical (unpaired) electrons. The van der Waals surface area contributed by atoms with Crippen molar-refractivity contribution in [1.82, 2.24) is 0 Å². The van der Waals surface area contributed by atoms with Gasteiger partial charge in [0, 0.05) is 5.92 Å². The molecule has 1 aromatic rings. The quantitative estimate of drug-likeness (QED) is 0.722. The fourth-order valence-corrected chi connectivity index (χ4v) is 1.40. The first-order valence-electron chi connectivity index (χ1n) is 4.56. The molecule has 0 saturated carbocycles. The van der Waals surface area contributed by atoms with E-state index in [4.69, 9.17) is 9.52 Å². The van der Waals surface area contributed by atoms with Gasteiger partial charge in [0.05, 0.1) is 12.9 Å². The molecule has 0 unspecified atom stereocenters. The Balaban J connectivity index is 2.88. The molecule has 0 saturated heterocycles. The first-order valence-corrected chi connectivity index (χ1v) is 4.56. The summed E-state index contributed by atoms with van der Waals surface area (Å²) in [7, 11) is 0. The fraction of sp³-hybridized carbons (Fsp3) is 0.455. The second-order valence-electron chi connectivity index (χ2n) is 3.55. The van der Waals surface area contributed by atoms with Gasteiger partial charge in [0.25, 0.3) is 0 Å². The van der Waals surface area contributed by atoms with Crippen LogP contribution in [-0.2, 0) is 0 Å². The largest absolute Gasteiger partial charge is 0.466 e. The number of aliphatic hydroxyl groups is 2. The topological polar surface area (TPSA) is 53.6 Å². The maximum Gasteiger partial charge on any atom is 0.135 e. The van der Waals surface area contributed by atoms with Gasteiger partial charge in [-0.25, -0.2) is 0 Å². The Morgan fingerprint density at radius 3 is 2.64 bits per heavy atom. The lowest BCUT2D eigenvalue weighted by atomic mass is 9.93. The van der Waals surface area contributed by atoms with E-state index in [1.807, 2.05) is 6.92 Å². The number of rotatable bonds is 4. The van der Waals surface area contributed by atoms with Gasteiger partial charge in [-0.05, 0) is 25.5 Å². The average molecular weight is 196 g/mol. The Morgan fingerprint density at radius 1 is 1.64 bits per heavy atom. The van der Waals surface area contributed by atoms with Crippen molar-refractivity contribution in [1.29, 1.82) is 0 Å². The van der Waals surface area contributed by atoms with E-state index in [0.29, 0.717) is 5.76 Å². The second kappa shape index (κ2) is 4.44. The van der Waals surface area contributed by atoms with Crippen molar-refractivity contribution in [2.75, 3.05) is 6.61 Å². The van der Waals surface area contributed by atoms with E-state index in [1.54, 1.807) is 13.0 Å². The Hall–Kier alpha value is -1.06. The highest BCUT2D eigenvalue weighted by Gasteiger charge is 2.24. The first kappa shape index (κ1) is 11.0. The van der Waals surface area contributed by atoms with E-state index in [-0.39, 0.29) is 12.5 Å². The number of hydrogen-bond acceptors (Lipinski definition) is 3. The third-order valence-corrected chi connectivity index (χ3v) is 2.38. The monoisotopic (exact) mass is 196 g/mol. The molecule has 0 aliphatic rings. The minimum Gasteiger partial charge on any atom is -0.466 e. The Bertz CT molecular complexity index is 314. The molecule has 2 N–H and O–H groups in total. The lowest BCUT2D eigenvalue weighted by molar-refractivity contribution is 0.0679. The zero-order chi connectivity index (χ0) is 10.7. The van der Waals surface area contributed by atoms with Crippen molar-refractivity contribution in [3.05, 3.63) is 35.8 Å². The smallest absolute Gasteiger partial charge is 0.135 e. The van der Waals surface area contributed by atoms with Crippen LogP contribution in [0.5, 0.6) is 0 Å².